The average Bonchev–Trinajstić information content (AvgIpc) is 2.72. The molecule has 0 radical (unpaired) electrons. The predicted octanol–water partition coefficient (Wildman–Crippen LogP) is 10.1. The molecule has 0 aliphatic rings. The molecule has 3 rings (SSSR count). The predicted molar refractivity (Wildman–Crippen MR) is 160 cm³/mol. The van der Waals surface area contributed by atoms with Gasteiger partial charge in [-0.1, -0.05) is 144 Å². The molecule has 194 valence electrons. The lowest BCUT2D eigenvalue weighted by molar-refractivity contribution is 0.525. The summed E-state index contributed by atoms with van der Waals surface area (Å²) >= 11 is 0. The zero-order chi connectivity index (χ0) is 27.1. The standard InChI is InChI=1S/C36H50/c1-33(2,3)29-21-15-19-27(31(29)35(7,8)9)23-25-17-13-14-18-26(25)24-28-20-16-22-30(34(4,5)6)32(28)36(10,11)12/h13-22H,23-24H2,1-12H3. The summed E-state index contributed by atoms with van der Waals surface area (Å²) in [7, 11) is 0. The molecule has 0 saturated carbocycles. The van der Waals surface area contributed by atoms with Crippen molar-refractivity contribution in [3.05, 3.63) is 105 Å². The Balaban J connectivity index is 2.13. The lowest BCUT2D eigenvalue weighted by Gasteiger charge is -2.33. The molecule has 3 aromatic carbocycles. The highest BCUT2D eigenvalue weighted by atomic mass is 14.3. The summed E-state index contributed by atoms with van der Waals surface area (Å²) in [5.41, 5.74) is 12.2. The molecule has 0 aromatic heterocycles. The summed E-state index contributed by atoms with van der Waals surface area (Å²) in [5.74, 6) is 0. The van der Waals surface area contributed by atoms with E-state index in [2.05, 4.69) is 144 Å². The van der Waals surface area contributed by atoms with Crippen molar-refractivity contribution in [2.24, 2.45) is 0 Å². The van der Waals surface area contributed by atoms with Gasteiger partial charge in [-0.25, -0.2) is 0 Å². The van der Waals surface area contributed by atoms with E-state index in [1.54, 1.807) is 0 Å². The zero-order valence-electron chi connectivity index (χ0n) is 25.2. The molecular weight excluding hydrogens is 432 g/mol. The minimum atomic E-state index is 0.0919. The van der Waals surface area contributed by atoms with Gasteiger partial charge in [0.05, 0.1) is 0 Å². The molecule has 36 heavy (non-hydrogen) atoms. The van der Waals surface area contributed by atoms with E-state index >= 15 is 0 Å². The summed E-state index contributed by atoms with van der Waals surface area (Å²) in [6.45, 7) is 28.2. The van der Waals surface area contributed by atoms with E-state index in [9.17, 15) is 0 Å². The molecule has 0 nitrogen and oxygen atoms in total. The first-order valence-corrected chi connectivity index (χ1v) is 13.7. The summed E-state index contributed by atoms with van der Waals surface area (Å²) in [5, 5.41) is 0. The molecular formula is C36H50. The monoisotopic (exact) mass is 482 g/mol. The van der Waals surface area contributed by atoms with Gasteiger partial charge in [0.2, 0.25) is 0 Å². The van der Waals surface area contributed by atoms with Gasteiger partial charge in [0.1, 0.15) is 0 Å². The highest BCUT2D eigenvalue weighted by molar-refractivity contribution is 5.49. The van der Waals surface area contributed by atoms with E-state index in [1.165, 1.54) is 44.5 Å². The molecule has 0 N–H and O–H groups in total. The van der Waals surface area contributed by atoms with Gasteiger partial charge in [-0.15, -0.1) is 0 Å². The Bertz CT molecular complexity index is 1100. The van der Waals surface area contributed by atoms with Crippen LogP contribution in [-0.4, -0.2) is 0 Å². The van der Waals surface area contributed by atoms with Gasteiger partial charge in [0, 0.05) is 0 Å². The van der Waals surface area contributed by atoms with Crippen LogP contribution in [0, 0.1) is 0 Å². The van der Waals surface area contributed by atoms with Crippen LogP contribution < -0.4 is 0 Å². The highest BCUT2D eigenvalue weighted by Gasteiger charge is 2.29. The van der Waals surface area contributed by atoms with Crippen molar-refractivity contribution in [1.29, 1.82) is 0 Å². The summed E-state index contributed by atoms with van der Waals surface area (Å²) < 4.78 is 0. The van der Waals surface area contributed by atoms with Crippen molar-refractivity contribution in [1.82, 2.24) is 0 Å². The second kappa shape index (κ2) is 9.85. The van der Waals surface area contributed by atoms with Crippen LogP contribution in [0.25, 0.3) is 0 Å². The Morgan fingerprint density at radius 1 is 0.361 bits per heavy atom. The number of benzene rings is 3. The Labute approximate surface area is 222 Å². The van der Waals surface area contributed by atoms with E-state index in [1.807, 2.05) is 0 Å². The fourth-order valence-corrected chi connectivity index (χ4v) is 5.83. The molecule has 0 fully saturated rings. The number of rotatable bonds is 4. The SMILES string of the molecule is CC(C)(C)c1cccc(Cc2ccccc2Cc2cccc(C(C)(C)C)c2C(C)(C)C)c1C(C)(C)C. The van der Waals surface area contributed by atoms with Crippen LogP contribution in [-0.2, 0) is 34.5 Å². The van der Waals surface area contributed by atoms with Crippen LogP contribution in [0.1, 0.15) is 128 Å². The first kappa shape index (κ1) is 28.2. The molecule has 0 bridgehead atoms. The topological polar surface area (TPSA) is 0 Å². The first-order valence-electron chi connectivity index (χ1n) is 13.7. The molecule has 0 saturated heterocycles. The van der Waals surface area contributed by atoms with E-state index < -0.39 is 0 Å². The molecule has 0 atom stereocenters. The average molecular weight is 483 g/mol. The van der Waals surface area contributed by atoms with E-state index in [-0.39, 0.29) is 21.7 Å². The summed E-state index contributed by atoms with van der Waals surface area (Å²) in [4.78, 5) is 0. The highest BCUT2D eigenvalue weighted by Crippen LogP contribution is 2.39. The lowest BCUT2D eigenvalue weighted by atomic mass is 9.71. The molecule has 0 unspecified atom stereocenters. The van der Waals surface area contributed by atoms with Crippen LogP contribution in [0.4, 0.5) is 0 Å². The zero-order valence-corrected chi connectivity index (χ0v) is 25.2. The van der Waals surface area contributed by atoms with Crippen LogP contribution in [0.5, 0.6) is 0 Å². The quantitative estimate of drug-likeness (QED) is 0.347. The van der Waals surface area contributed by atoms with Crippen LogP contribution in [0.3, 0.4) is 0 Å². The van der Waals surface area contributed by atoms with Gasteiger partial charge < -0.3 is 0 Å². The molecule has 0 heterocycles. The molecule has 0 spiro atoms. The molecule has 0 amide bonds. The fourth-order valence-electron chi connectivity index (χ4n) is 5.83. The Morgan fingerprint density at radius 3 is 0.944 bits per heavy atom. The number of hydrogen-bond acceptors (Lipinski definition) is 0. The van der Waals surface area contributed by atoms with Crippen molar-refractivity contribution < 1.29 is 0 Å². The van der Waals surface area contributed by atoms with Crippen molar-refractivity contribution in [2.75, 3.05) is 0 Å². The molecule has 3 aromatic rings. The van der Waals surface area contributed by atoms with Gasteiger partial charge in [0.25, 0.3) is 0 Å². The summed E-state index contributed by atoms with van der Waals surface area (Å²) in [6, 6.07) is 23.0. The Morgan fingerprint density at radius 2 is 0.667 bits per heavy atom. The third-order valence-electron chi connectivity index (χ3n) is 7.30. The number of hydrogen-bond donors (Lipinski definition) is 0. The van der Waals surface area contributed by atoms with E-state index in [0.717, 1.165) is 12.8 Å². The minimum Gasteiger partial charge on any atom is -0.0620 e. The second-order valence-corrected chi connectivity index (χ2v) is 14.8. The van der Waals surface area contributed by atoms with E-state index in [4.69, 9.17) is 0 Å². The van der Waals surface area contributed by atoms with Gasteiger partial charge in [0.15, 0.2) is 0 Å². The van der Waals surface area contributed by atoms with Gasteiger partial charge in [-0.2, -0.15) is 0 Å². The molecule has 0 aliphatic heterocycles. The normalized spacial score (nSPS) is 13.2. The first-order chi connectivity index (χ1) is 16.4. The molecule has 0 aliphatic carbocycles. The summed E-state index contributed by atoms with van der Waals surface area (Å²) in [6.07, 6.45) is 1.94. The second-order valence-electron chi connectivity index (χ2n) is 14.8. The molecule has 0 heteroatoms. The third kappa shape index (κ3) is 6.31. The maximum Gasteiger partial charge on any atom is -0.00199 e. The van der Waals surface area contributed by atoms with Crippen molar-refractivity contribution >= 4 is 0 Å². The van der Waals surface area contributed by atoms with E-state index in [0.29, 0.717) is 0 Å². The van der Waals surface area contributed by atoms with Crippen LogP contribution in [0.15, 0.2) is 60.7 Å². The maximum atomic E-state index is 2.36. The van der Waals surface area contributed by atoms with Gasteiger partial charge >= 0.3 is 0 Å². The van der Waals surface area contributed by atoms with Gasteiger partial charge in [-0.05, 0) is 79.0 Å². The Hall–Kier alpha value is -2.34. The largest absolute Gasteiger partial charge is 0.0620 e. The Kier molecular flexibility index (Phi) is 7.72. The maximum absolute atomic E-state index is 2.36. The lowest BCUT2D eigenvalue weighted by Crippen LogP contribution is -2.24. The minimum absolute atomic E-state index is 0.0919. The fraction of sp³-hybridized carbons (Fsp3) is 0.500. The van der Waals surface area contributed by atoms with Gasteiger partial charge in [-0.3, -0.25) is 0 Å². The smallest absolute Gasteiger partial charge is 0.00199 e. The van der Waals surface area contributed by atoms with Crippen molar-refractivity contribution in [3.8, 4) is 0 Å². The van der Waals surface area contributed by atoms with Crippen molar-refractivity contribution in [3.63, 3.8) is 0 Å². The third-order valence-corrected chi connectivity index (χ3v) is 7.30. The van der Waals surface area contributed by atoms with Crippen molar-refractivity contribution in [2.45, 2.75) is 118 Å². The van der Waals surface area contributed by atoms with Crippen LogP contribution >= 0.6 is 0 Å². The van der Waals surface area contributed by atoms with Crippen LogP contribution in [0.2, 0.25) is 0 Å².